The monoisotopic (exact) mass is 196 g/mol. The Morgan fingerprint density at radius 2 is 2.14 bits per heavy atom. The summed E-state index contributed by atoms with van der Waals surface area (Å²) in [6.45, 7) is 4.65. The van der Waals surface area contributed by atoms with E-state index in [1.54, 1.807) is 6.92 Å². The zero-order valence-electron chi connectivity index (χ0n) is 9.42. The zero-order chi connectivity index (χ0) is 11.0. The van der Waals surface area contributed by atoms with Gasteiger partial charge >= 0.3 is 0 Å². The number of rotatable bonds is 7. The Balaban J connectivity index is 3.49. The second kappa shape index (κ2) is 7.52. The summed E-state index contributed by atoms with van der Waals surface area (Å²) >= 11 is 0. The van der Waals surface area contributed by atoms with Gasteiger partial charge < -0.3 is 9.69 Å². The van der Waals surface area contributed by atoms with Crippen molar-refractivity contribution in [1.29, 1.82) is 5.26 Å². The SMILES string of the molecule is CC(=O)CCCCN(C)C(C)CC#N. The summed E-state index contributed by atoms with van der Waals surface area (Å²) in [4.78, 5) is 12.8. The van der Waals surface area contributed by atoms with E-state index in [0.717, 1.165) is 19.4 Å². The molecule has 1 unspecified atom stereocenters. The predicted molar refractivity (Wildman–Crippen MR) is 56.9 cm³/mol. The number of carbonyl (C=O) groups excluding carboxylic acids is 1. The van der Waals surface area contributed by atoms with Gasteiger partial charge in [-0.05, 0) is 40.3 Å². The number of ketones is 1. The highest BCUT2D eigenvalue weighted by Crippen LogP contribution is 2.03. The first kappa shape index (κ1) is 13.1. The average molecular weight is 196 g/mol. The van der Waals surface area contributed by atoms with Gasteiger partial charge in [-0.1, -0.05) is 0 Å². The smallest absolute Gasteiger partial charge is 0.129 e. The number of unbranched alkanes of at least 4 members (excludes halogenated alkanes) is 1. The van der Waals surface area contributed by atoms with Gasteiger partial charge in [0.05, 0.1) is 12.5 Å². The topological polar surface area (TPSA) is 44.1 Å². The lowest BCUT2D eigenvalue weighted by Gasteiger charge is -2.22. The molecular weight excluding hydrogens is 176 g/mol. The summed E-state index contributed by atoms with van der Waals surface area (Å²) < 4.78 is 0. The van der Waals surface area contributed by atoms with E-state index in [2.05, 4.69) is 11.0 Å². The van der Waals surface area contributed by atoms with E-state index in [-0.39, 0.29) is 5.78 Å². The second-order valence-electron chi connectivity index (χ2n) is 3.85. The van der Waals surface area contributed by atoms with Crippen LogP contribution in [-0.4, -0.2) is 30.3 Å². The van der Waals surface area contributed by atoms with Crippen molar-refractivity contribution in [3.8, 4) is 6.07 Å². The van der Waals surface area contributed by atoms with Crippen LogP contribution in [0, 0.1) is 11.3 Å². The Hall–Kier alpha value is -0.880. The van der Waals surface area contributed by atoms with Crippen LogP contribution in [0.2, 0.25) is 0 Å². The van der Waals surface area contributed by atoms with Crippen LogP contribution in [0.4, 0.5) is 0 Å². The van der Waals surface area contributed by atoms with E-state index >= 15 is 0 Å². The van der Waals surface area contributed by atoms with Crippen LogP contribution in [0.15, 0.2) is 0 Å². The summed E-state index contributed by atoms with van der Waals surface area (Å²) in [5.74, 6) is 0.262. The molecule has 3 nitrogen and oxygen atoms in total. The minimum absolute atomic E-state index is 0.262. The van der Waals surface area contributed by atoms with Crippen molar-refractivity contribution in [3.05, 3.63) is 0 Å². The summed E-state index contributed by atoms with van der Waals surface area (Å²) in [5.41, 5.74) is 0. The number of carbonyl (C=O) groups is 1. The molecule has 0 amide bonds. The van der Waals surface area contributed by atoms with Crippen molar-refractivity contribution in [2.24, 2.45) is 0 Å². The summed E-state index contributed by atoms with van der Waals surface area (Å²) in [7, 11) is 2.02. The van der Waals surface area contributed by atoms with Crippen molar-refractivity contribution in [2.75, 3.05) is 13.6 Å². The molecule has 3 heteroatoms. The van der Waals surface area contributed by atoms with Gasteiger partial charge in [0.15, 0.2) is 0 Å². The molecule has 0 aliphatic rings. The molecule has 1 atom stereocenters. The minimum atomic E-state index is 0.262. The largest absolute Gasteiger partial charge is 0.303 e. The first-order chi connectivity index (χ1) is 6.57. The lowest BCUT2D eigenvalue weighted by atomic mass is 10.1. The van der Waals surface area contributed by atoms with Gasteiger partial charge in [-0.2, -0.15) is 5.26 Å². The van der Waals surface area contributed by atoms with E-state index in [1.165, 1.54) is 0 Å². The normalized spacial score (nSPS) is 12.5. The molecule has 80 valence electrons. The lowest BCUT2D eigenvalue weighted by Crippen LogP contribution is -2.29. The molecule has 0 aliphatic heterocycles. The molecule has 0 aromatic rings. The molecule has 0 N–H and O–H groups in total. The number of nitrogens with zero attached hydrogens (tertiary/aromatic N) is 2. The molecule has 0 spiro atoms. The molecule has 0 bridgehead atoms. The summed E-state index contributed by atoms with van der Waals surface area (Å²) in [6, 6.07) is 2.48. The molecule has 0 radical (unpaired) electrons. The Morgan fingerprint density at radius 1 is 1.50 bits per heavy atom. The molecular formula is C11H20N2O. The molecule has 0 fully saturated rings. The molecule has 0 aromatic carbocycles. The van der Waals surface area contributed by atoms with Gasteiger partial charge in [0.2, 0.25) is 0 Å². The van der Waals surface area contributed by atoms with E-state index in [9.17, 15) is 4.79 Å². The lowest BCUT2D eigenvalue weighted by molar-refractivity contribution is -0.117. The molecule has 0 aliphatic carbocycles. The maximum absolute atomic E-state index is 10.7. The van der Waals surface area contributed by atoms with Crippen molar-refractivity contribution in [1.82, 2.24) is 4.90 Å². The number of nitriles is 1. The van der Waals surface area contributed by atoms with E-state index in [0.29, 0.717) is 18.9 Å². The Bertz CT molecular complexity index is 208. The molecule has 0 rings (SSSR count). The molecule has 0 aromatic heterocycles. The quantitative estimate of drug-likeness (QED) is 0.585. The third-order valence-electron chi connectivity index (χ3n) is 2.43. The fourth-order valence-electron chi connectivity index (χ4n) is 1.24. The fourth-order valence-corrected chi connectivity index (χ4v) is 1.24. The van der Waals surface area contributed by atoms with Crippen LogP contribution in [0.1, 0.15) is 39.5 Å². The predicted octanol–water partition coefficient (Wildman–Crippen LogP) is 1.98. The fraction of sp³-hybridized carbons (Fsp3) is 0.818. The van der Waals surface area contributed by atoms with Crippen LogP contribution in [0.5, 0.6) is 0 Å². The third kappa shape index (κ3) is 6.62. The van der Waals surface area contributed by atoms with Crippen LogP contribution in [0.3, 0.4) is 0 Å². The first-order valence-corrected chi connectivity index (χ1v) is 5.14. The van der Waals surface area contributed by atoms with Gasteiger partial charge in [-0.25, -0.2) is 0 Å². The van der Waals surface area contributed by atoms with Crippen LogP contribution in [0.25, 0.3) is 0 Å². The highest BCUT2D eigenvalue weighted by molar-refractivity contribution is 5.75. The average Bonchev–Trinajstić information content (AvgIpc) is 2.12. The van der Waals surface area contributed by atoms with E-state index < -0.39 is 0 Å². The Kier molecular flexibility index (Phi) is 7.04. The maximum Gasteiger partial charge on any atom is 0.129 e. The maximum atomic E-state index is 10.7. The number of hydrogen-bond donors (Lipinski definition) is 0. The van der Waals surface area contributed by atoms with Gasteiger partial charge in [0, 0.05) is 12.5 Å². The van der Waals surface area contributed by atoms with Gasteiger partial charge in [-0.3, -0.25) is 0 Å². The molecule has 0 saturated carbocycles. The second-order valence-corrected chi connectivity index (χ2v) is 3.85. The van der Waals surface area contributed by atoms with Crippen molar-refractivity contribution in [2.45, 2.75) is 45.6 Å². The number of Topliss-reactive ketones (excluding diaryl/α,β-unsaturated/α-hetero) is 1. The first-order valence-electron chi connectivity index (χ1n) is 5.14. The minimum Gasteiger partial charge on any atom is -0.303 e. The van der Waals surface area contributed by atoms with Crippen LogP contribution in [-0.2, 0) is 4.79 Å². The third-order valence-corrected chi connectivity index (χ3v) is 2.43. The summed E-state index contributed by atoms with van der Waals surface area (Å²) in [5, 5.41) is 8.51. The van der Waals surface area contributed by atoms with E-state index in [4.69, 9.17) is 5.26 Å². The van der Waals surface area contributed by atoms with Crippen LogP contribution >= 0.6 is 0 Å². The molecule has 0 saturated heterocycles. The van der Waals surface area contributed by atoms with Crippen LogP contribution < -0.4 is 0 Å². The highest BCUT2D eigenvalue weighted by Gasteiger charge is 2.07. The molecule has 0 heterocycles. The standard InChI is InChI=1S/C11H20N2O/c1-10(7-8-12)13(3)9-5-4-6-11(2)14/h10H,4-7,9H2,1-3H3. The van der Waals surface area contributed by atoms with Gasteiger partial charge in [0.1, 0.15) is 5.78 Å². The van der Waals surface area contributed by atoms with Crippen molar-refractivity contribution >= 4 is 5.78 Å². The molecule has 14 heavy (non-hydrogen) atoms. The Morgan fingerprint density at radius 3 is 2.64 bits per heavy atom. The van der Waals surface area contributed by atoms with Crippen molar-refractivity contribution < 1.29 is 4.79 Å². The van der Waals surface area contributed by atoms with Gasteiger partial charge in [-0.15, -0.1) is 0 Å². The highest BCUT2D eigenvalue weighted by atomic mass is 16.1. The van der Waals surface area contributed by atoms with E-state index in [1.807, 2.05) is 14.0 Å². The summed E-state index contributed by atoms with van der Waals surface area (Å²) in [6.07, 6.45) is 3.24. The van der Waals surface area contributed by atoms with Gasteiger partial charge in [0.25, 0.3) is 0 Å². The Labute approximate surface area is 86.7 Å². The van der Waals surface area contributed by atoms with Crippen molar-refractivity contribution in [3.63, 3.8) is 0 Å². The number of hydrogen-bond acceptors (Lipinski definition) is 3. The zero-order valence-corrected chi connectivity index (χ0v) is 9.42.